The second-order valence-corrected chi connectivity index (χ2v) is 16.4. The molecular formula is C47H48ClN5O6. The molecule has 0 radical (unpaired) electrons. The lowest BCUT2D eigenvalue weighted by Crippen LogP contribution is -2.52. The van der Waals surface area contributed by atoms with Crippen LogP contribution in [0.15, 0.2) is 91.3 Å². The molecule has 5 aromatic rings. The van der Waals surface area contributed by atoms with Crippen molar-refractivity contribution >= 4 is 23.5 Å². The zero-order valence-corrected chi connectivity index (χ0v) is 34.2. The average molecular weight is 814 g/mol. The largest absolute Gasteiger partial charge is 0.488 e. The number of aliphatic hydroxyl groups is 1. The molecule has 4 aromatic carbocycles. The van der Waals surface area contributed by atoms with E-state index in [0.717, 1.165) is 66.0 Å². The van der Waals surface area contributed by atoms with Crippen LogP contribution in [0, 0.1) is 30.6 Å². The van der Waals surface area contributed by atoms with Gasteiger partial charge in [0.2, 0.25) is 5.91 Å². The number of carboxylic acids is 1. The quantitative estimate of drug-likeness (QED) is 0.0843. The van der Waals surface area contributed by atoms with Crippen LogP contribution in [0.2, 0.25) is 5.02 Å². The second kappa shape index (κ2) is 17.6. The number of pyridine rings is 1. The molecule has 1 spiro atoms. The number of hydrogen-bond donors (Lipinski definition) is 4. The van der Waals surface area contributed by atoms with E-state index in [-0.39, 0.29) is 31.1 Å². The molecule has 2 saturated heterocycles. The molecule has 1 aromatic heterocycles. The number of likely N-dealkylation sites (tertiary alicyclic amines) is 1. The van der Waals surface area contributed by atoms with Gasteiger partial charge in [0, 0.05) is 67.6 Å². The SMILES string of the molecule is Cc1c(COc2cc(OCc3cncc(C#N)c3)c(CN[C@@](C)(CO)C(=O)O)cc2Cl)cccc1-c1cccc(-c2ccc(CN3CCC4(CNC(=O)C4)C3)cc2)c1C. The Morgan fingerprint density at radius 3 is 2.41 bits per heavy atom. The van der Waals surface area contributed by atoms with E-state index in [0.29, 0.717) is 39.6 Å². The summed E-state index contributed by atoms with van der Waals surface area (Å²) >= 11 is 6.78. The molecule has 11 nitrogen and oxygen atoms in total. The van der Waals surface area contributed by atoms with Gasteiger partial charge in [0.05, 0.1) is 17.2 Å². The Bertz CT molecular complexity index is 2420. The Hall–Kier alpha value is -5.77. The molecular weight excluding hydrogens is 766 g/mol. The third-order valence-electron chi connectivity index (χ3n) is 11.7. The molecule has 12 heteroatoms. The van der Waals surface area contributed by atoms with Crippen LogP contribution >= 0.6 is 11.6 Å². The summed E-state index contributed by atoms with van der Waals surface area (Å²) < 4.78 is 12.6. The number of aliphatic carboxylic acids is 1. The minimum absolute atomic E-state index is 0.0280. The van der Waals surface area contributed by atoms with E-state index in [2.05, 4.69) is 89.0 Å². The number of nitrogens with zero attached hydrogens (tertiary/aromatic N) is 3. The van der Waals surface area contributed by atoms with Crippen molar-refractivity contribution in [1.82, 2.24) is 20.5 Å². The predicted octanol–water partition coefficient (Wildman–Crippen LogP) is 7.35. The van der Waals surface area contributed by atoms with Crippen molar-refractivity contribution < 1.29 is 29.3 Å². The van der Waals surface area contributed by atoms with E-state index in [4.69, 9.17) is 21.1 Å². The lowest BCUT2D eigenvalue weighted by Gasteiger charge is -2.25. The Morgan fingerprint density at radius 2 is 1.69 bits per heavy atom. The molecule has 304 valence electrons. The highest BCUT2D eigenvalue weighted by Gasteiger charge is 2.43. The second-order valence-electron chi connectivity index (χ2n) is 16.0. The summed E-state index contributed by atoms with van der Waals surface area (Å²) in [6.45, 7) is 8.96. The molecule has 7 rings (SSSR count). The lowest BCUT2D eigenvalue weighted by atomic mass is 9.86. The Balaban J connectivity index is 1.07. The molecule has 2 atom stereocenters. The minimum atomic E-state index is -1.59. The number of carbonyl (C=O) groups is 2. The van der Waals surface area contributed by atoms with Gasteiger partial charge in [0.15, 0.2) is 0 Å². The van der Waals surface area contributed by atoms with Crippen molar-refractivity contribution in [3.05, 3.63) is 135 Å². The summed E-state index contributed by atoms with van der Waals surface area (Å²) in [6.07, 6.45) is 4.76. The van der Waals surface area contributed by atoms with Gasteiger partial charge in [0.1, 0.15) is 36.3 Å². The number of amides is 1. The highest BCUT2D eigenvalue weighted by Crippen LogP contribution is 2.39. The standard InChI is InChI=1S/C47H48ClN5O6/c1-30-36(26-59-43-18-42(58-25-34-16-33(20-49)21-50-22-34)37(17-41(43)48)23-52-46(3,29-54)45(56)57)6-4-8-39(30)40-9-5-7-38(31(40)2)35-12-10-32(11-13-35)24-53-15-14-47(28-53)19-44(55)51-27-47/h4-13,16-18,21-22,52,54H,14-15,19,23-29H2,1-3H3,(H,51,55)(H,56,57)/t46-,47?/m0/s1. The first kappa shape index (κ1) is 41.4. The number of hydrogen-bond acceptors (Lipinski definition) is 9. The Kier molecular flexibility index (Phi) is 12.4. The molecule has 0 saturated carbocycles. The van der Waals surface area contributed by atoms with Gasteiger partial charge < -0.3 is 25.0 Å². The topological polar surface area (TPSA) is 157 Å². The fraction of sp³-hybridized carbons (Fsp3) is 0.319. The zero-order valence-electron chi connectivity index (χ0n) is 33.5. The average Bonchev–Trinajstić information content (AvgIpc) is 3.82. The molecule has 1 amide bonds. The van der Waals surface area contributed by atoms with E-state index in [1.165, 1.54) is 24.2 Å². The molecule has 1 unspecified atom stereocenters. The van der Waals surface area contributed by atoms with Crippen molar-refractivity contribution in [3.63, 3.8) is 0 Å². The van der Waals surface area contributed by atoms with Gasteiger partial charge in [-0.3, -0.25) is 24.8 Å². The normalized spacial score (nSPS) is 17.4. The van der Waals surface area contributed by atoms with E-state index < -0.39 is 18.1 Å². The maximum Gasteiger partial charge on any atom is 0.326 e. The molecule has 0 bridgehead atoms. The maximum atomic E-state index is 11.9. The third kappa shape index (κ3) is 9.27. The fourth-order valence-corrected chi connectivity index (χ4v) is 8.26. The smallest absolute Gasteiger partial charge is 0.326 e. The molecule has 0 aliphatic carbocycles. The lowest BCUT2D eigenvalue weighted by molar-refractivity contribution is -0.146. The van der Waals surface area contributed by atoms with Crippen LogP contribution in [0.25, 0.3) is 22.3 Å². The zero-order chi connectivity index (χ0) is 41.7. The van der Waals surface area contributed by atoms with Crippen molar-refractivity contribution in [3.8, 4) is 39.8 Å². The van der Waals surface area contributed by atoms with Gasteiger partial charge in [-0.05, 0) is 90.4 Å². The van der Waals surface area contributed by atoms with Crippen LogP contribution in [-0.2, 0) is 35.9 Å². The van der Waals surface area contributed by atoms with Crippen LogP contribution in [0.3, 0.4) is 0 Å². The third-order valence-corrected chi connectivity index (χ3v) is 12.0. The van der Waals surface area contributed by atoms with Crippen molar-refractivity contribution in [2.45, 2.75) is 65.5 Å². The number of aliphatic hydroxyl groups excluding tert-OH is 1. The van der Waals surface area contributed by atoms with Gasteiger partial charge >= 0.3 is 5.97 Å². The van der Waals surface area contributed by atoms with Crippen LogP contribution in [-0.4, -0.2) is 63.8 Å². The summed E-state index contributed by atoms with van der Waals surface area (Å²) in [5, 5.41) is 35.0. The van der Waals surface area contributed by atoms with Crippen LogP contribution < -0.4 is 20.1 Å². The number of rotatable bonds is 15. The maximum absolute atomic E-state index is 11.9. The monoisotopic (exact) mass is 813 g/mol. The number of benzene rings is 4. The highest BCUT2D eigenvalue weighted by atomic mass is 35.5. The van der Waals surface area contributed by atoms with E-state index in [1.807, 2.05) is 12.1 Å². The highest BCUT2D eigenvalue weighted by molar-refractivity contribution is 6.32. The summed E-state index contributed by atoms with van der Waals surface area (Å²) in [7, 11) is 0. The summed E-state index contributed by atoms with van der Waals surface area (Å²) in [5.41, 5.74) is 9.13. The number of aromatic nitrogens is 1. The number of carboxylic acid groups (broad SMARTS) is 1. The molecule has 3 heterocycles. The first-order valence-electron chi connectivity index (χ1n) is 19.7. The van der Waals surface area contributed by atoms with E-state index >= 15 is 0 Å². The number of carbonyl (C=O) groups excluding carboxylic acids is 1. The fourth-order valence-electron chi connectivity index (χ4n) is 8.02. The molecule has 2 fully saturated rings. The molecule has 2 aliphatic rings. The van der Waals surface area contributed by atoms with Gasteiger partial charge in [-0.2, -0.15) is 5.26 Å². The van der Waals surface area contributed by atoms with Crippen LogP contribution in [0.1, 0.15) is 58.7 Å². The van der Waals surface area contributed by atoms with Crippen LogP contribution in [0.5, 0.6) is 11.5 Å². The van der Waals surface area contributed by atoms with Gasteiger partial charge in [-0.15, -0.1) is 0 Å². The number of nitriles is 1. The Morgan fingerprint density at radius 1 is 0.966 bits per heavy atom. The first-order chi connectivity index (χ1) is 28.4. The van der Waals surface area contributed by atoms with Gasteiger partial charge in [-0.25, -0.2) is 0 Å². The summed E-state index contributed by atoms with van der Waals surface area (Å²) in [5.74, 6) is -0.268. The number of ether oxygens (including phenoxy) is 2. The predicted molar refractivity (Wildman–Crippen MR) is 226 cm³/mol. The van der Waals surface area contributed by atoms with E-state index in [9.17, 15) is 25.1 Å². The van der Waals surface area contributed by atoms with Gasteiger partial charge in [-0.1, -0.05) is 72.3 Å². The molecule has 4 N–H and O–H groups in total. The van der Waals surface area contributed by atoms with E-state index in [1.54, 1.807) is 24.4 Å². The summed E-state index contributed by atoms with van der Waals surface area (Å²) in [6, 6.07) is 28.5. The number of nitrogens with one attached hydrogen (secondary N) is 2. The number of halogens is 1. The van der Waals surface area contributed by atoms with Crippen molar-refractivity contribution in [2.75, 3.05) is 26.2 Å². The summed E-state index contributed by atoms with van der Waals surface area (Å²) in [4.78, 5) is 30.3. The Labute approximate surface area is 349 Å². The van der Waals surface area contributed by atoms with Crippen molar-refractivity contribution in [1.29, 1.82) is 5.26 Å². The molecule has 2 aliphatic heterocycles. The van der Waals surface area contributed by atoms with Crippen molar-refractivity contribution in [2.24, 2.45) is 5.41 Å². The minimum Gasteiger partial charge on any atom is -0.488 e. The molecule has 59 heavy (non-hydrogen) atoms. The van der Waals surface area contributed by atoms with Crippen LogP contribution in [0.4, 0.5) is 0 Å². The first-order valence-corrected chi connectivity index (χ1v) is 20.1. The van der Waals surface area contributed by atoms with Gasteiger partial charge in [0.25, 0.3) is 0 Å².